The van der Waals surface area contributed by atoms with Gasteiger partial charge in [0.2, 0.25) is 11.8 Å². The van der Waals surface area contributed by atoms with Gasteiger partial charge in [-0.25, -0.2) is 0 Å². The number of nitrogens with zero attached hydrogens (tertiary/aromatic N) is 1. The molecule has 0 fully saturated rings. The van der Waals surface area contributed by atoms with Crippen molar-refractivity contribution in [1.29, 1.82) is 0 Å². The Morgan fingerprint density at radius 2 is 1.77 bits per heavy atom. The number of non-ortho nitro benzene ring substituents is 1. The summed E-state index contributed by atoms with van der Waals surface area (Å²) in [5.41, 5.74) is 2.19. The third-order valence-corrected chi connectivity index (χ3v) is 4.65. The maximum atomic E-state index is 12.4. The van der Waals surface area contributed by atoms with Gasteiger partial charge >= 0.3 is 0 Å². The molecule has 0 spiro atoms. The molecule has 2 amide bonds. The molecule has 2 N–H and O–H groups in total. The lowest BCUT2D eigenvalue weighted by Crippen LogP contribution is -2.22. The zero-order chi connectivity index (χ0) is 19.3. The lowest BCUT2D eigenvalue weighted by Gasteiger charge is -2.14. The number of anilines is 2. The minimum Gasteiger partial charge on any atom is -0.326 e. The fourth-order valence-electron chi connectivity index (χ4n) is 2.22. The van der Waals surface area contributed by atoms with Crippen LogP contribution in [-0.2, 0) is 9.59 Å². The number of benzene rings is 2. The van der Waals surface area contributed by atoms with E-state index >= 15 is 0 Å². The molecule has 0 aliphatic rings. The average molecular weight is 373 g/mol. The molecule has 2 rings (SSSR count). The van der Waals surface area contributed by atoms with Crippen molar-refractivity contribution in [2.45, 2.75) is 30.9 Å². The number of rotatable bonds is 6. The molecule has 2 aromatic rings. The van der Waals surface area contributed by atoms with Crippen LogP contribution in [0.25, 0.3) is 0 Å². The molecule has 1 atom stereocenters. The first kappa shape index (κ1) is 19.5. The Bertz CT molecular complexity index is 837. The van der Waals surface area contributed by atoms with Crippen LogP contribution in [0.4, 0.5) is 17.1 Å². The standard InChI is InChI=1S/C18H19N3O4S/c1-11-10-14(4-9-17(11)19-13(3)22)20-18(23)12(2)26-16-7-5-15(6-8-16)21(24)25/h4-10,12H,1-3H3,(H,19,22)(H,20,23). The lowest BCUT2D eigenvalue weighted by molar-refractivity contribution is -0.384. The quantitative estimate of drug-likeness (QED) is 0.453. The summed E-state index contributed by atoms with van der Waals surface area (Å²) in [6.07, 6.45) is 0. The third kappa shape index (κ3) is 5.32. The van der Waals surface area contributed by atoms with Gasteiger partial charge in [0.15, 0.2) is 0 Å². The van der Waals surface area contributed by atoms with Crippen LogP contribution < -0.4 is 10.6 Å². The molecule has 8 heteroatoms. The van der Waals surface area contributed by atoms with Crippen LogP contribution in [0.2, 0.25) is 0 Å². The number of hydrogen-bond donors (Lipinski definition) is 2. The molecule has 1 unspecified atom stereocenters. The van der Waals surface area contributed by atoms with Crippen LogP contribution in [0.5, 0.6) is 0 Å². The average Bonchev–Trinajstić information content (AvgIpc) is 2.57. The van der Waals surface area contributed by atoms with Crippen molar-refractivity contribution in [3.05, 3.63) is 58.1 Å². The van der Waals surface area contributed by atoms with E-state index in [0.29, 0.717) is 11.4 Å². The number of nitro benzene ring substituents is 1. The predicted octanol–water partition coefficient (Wildman–Crippen LogP) is 3.98. The smallest absolute Gasteiger partial charge is 0.269 e. The minimum atomic E-state index is -0.461. The molecule has 26 heavy (non-hydrogen) atoms. The fraction of sp³-hybridized carbons (Fsp3) is 0.222. The molecule has 0 bridgehead atoms. The van der Waals surface area contributed by atoms with Crippen LogP contribution in [0.15, 0.2) is 47.4 Å². The van der Waals surface area contributed by atoms with E-state index in [4.69, 9.17) is 0 Å². The Morgan fingerprint density at radius 1 is 1.12 bits per heavy atom. The second kappa shape index (κ2) is 8.48. The maximum absolute atomic E-state index is 12.4. The first-order chi connectivity index (χ1) is 12.3. The maximum Gasteiger partial charge on any atom is 0.269 e. The van der Waals surface area contributed by atoms with Gasteiger partial charge in [0.05, 0.1) is 10.2 Å². The van der Waals surface area contributed by atoms with Gasteiger partial charge in [0, 0.05) is 35.3 Å². The lowest BCUT2D eigenvalue weighted by atomic mass is 10.1. The zero-order valence-corrected chi connectivity index (χ0v) is 15.4. The number of carbonyl (C=O) groups excluding carboxylic acids is 2. The molecular weight excluding hydrogens is 354 g/mol. The molecule has 0 saturated heterocycles. The SMILES string of the molecule is CC(=O)Nc1ccc(NC(=O)C(C)Sc2ccc([N+](=O)[O-])cc2)cc1C. The van der Waals surface area contributed by atoms with Crippen LogP contribution in [0, 0.1) is 17.0 Å². The van der Waals surface area contributed by atoms with E-state index in [2.05, 4.69) is 10.6 Å². The number of hydrogen-bond acceptors (Lipinski definition) is 5. The summed E-state index contributed by atoms with van der Waals surface area (Å²) in [7, 11) is 0. The molecule has 2 aromatic carbocycles. The summed E-state index contributed by atoms with van der Waals surface area (Å²) in [5.74, 6) is -0.335. The molecule has 0 saturated carbocycles. The molecule has 0 aliphatic carbocycles. The summed E-state index contributed by atoms with van der Waals surface area (Å²) in [5, 5.41) is 15.8. The van der Waals surface area contributed by atoms with Crippen LogP contribution in [0.1, 0.15) is 19.4 Å². The van der Waals surface area contributed by atoms with Gasteiger partial charge in [-0.15, -0.1) is 11.8 Å². The Morgan fingerprint density at radius 3 is 2.31 bits per heavy atom. The van der Waals surface area contributed by atoms with Crippen molar-refractivity contribution in [3.63, 3.8) is 0 Å². The van der Waals surface area contributed by atoms with Crippen molar-refractivity contribution in [3.8, 4) is 0 Å². The Labute approximate surface area is 155 Å². The fourth-order valence-corrected chi connectivity index (χ4v) is 3.09. The molecule has 0 radical (unpaired) electrons. The van der Waals surface area contributed by atoms with E-state index in [-0.39, 0.29) is 22.8 Å². The largest absolute Gasteiger partial charge is 0.326 e. The highest BCUT2D eigenvalue weighted by molar-refractivity contribution is 8.00. The molecule has 0 heterocycles. The van der Waals surface area contributed by atoms with Gasteiger partial charge in [-0.2, -0.15) is 0 Å². The number of nitrogens with one attached hydrogen (secondary N) is 2. The van der Waals surface area contributed by atoms with Gasteiger partial charge in [-0.05, 0) is 49.7 Å². The topological polar surface area (TPSA) is 101 Å². The Hall–Kier alpha value is -2.87. The normalized spacial score (nSPS) is 11.5. The van der Waals surface area contributed by atoms with Gasteiger partial charge in [-0.1, -0.05) is 0 Å². The Balaban J connectivity index is 1.99. The summed E-state index contributed by atoms with van der Waals surface area (Å²) >= 11 is 1.32. The number of aryl methyl sites for hydroxylation is 1. The summed E-state index contributed by atoms with van der Waals surface area (Å²) in [6, 6.07) is 11.3. The molecule has 0 aromatic heterocycles. The zero-order valence-electron chi connectivity index (χ0n) is 14.6. The Kier molecular flexibility index (Phi) is 6.35. The first-order valence-electron chi connectivity index (χ1n) is 7.86. The second-order valence-electron chi connectivity index (χ2n) is 5.71. The van der Waals surface area contributed by atoms with Crippen molar-refractivity contribution < 1.29 is 14.5 Å². The minimum absolute atomic E-state index is 0.0150. The van der Waals surface area contributed by atoms with Gasteiger partial charge in [-0.3, -0.25) is 19.7 Å². The van der Waals surface area contributed by atoms with E-state index in [1.54, 1.807) is 37.3 Å². The van der Waals surface area contributed by atoms with Crippen LogP contribution in [-0.4, -0.2) is 22.0 Å². The first-order valence-corrected chi connectivity index (χ1v) is 8.74. The predicted molar refractivity (Wildman–Crippen MR) is 103 cm³/mol. The van der Waals surface area contributed by atoms with Crippen LogP contribution in [0.3, 0.4) is 0 Å². The van der Waals surface area contributed by atoms with Crippen molar-refractivity contribution in [2.24, 2.45) is 0 Å². The van der Waals surface area contributed by atoms with Crippen molar-refractivity contribution in [1.82, 2.24) is 0 Å². The van der Waals surface area contributed by atoms with E-state index in [1.807, 2.05) is 6.92 Å². The highest BCUT2D eigenvalue weighted by Crippen LogP contribution is 2.27. The summed E-state index contributed by atoms with van der Waals surface area (Å²) in [6.45, 7) is 5.04. The number of thioether (sulfide) groups is 1. The molecule has 7 nitrogen and oxygen atoms in total. The van der Waals surface area contributed by atoms with E-state index in [9.17, 15) is 19.7 Å². The third-order valence-electron chi connectivity index (χ3n) is 3.53. The highest BCUT2D eigenvalue weighted by Gasteiger charge is 2.16. The molecule has 136 valence electrons. The summed E-state index contributed by atoms with van der Waals surface area (Å²) in [4.78, 5) is 34.5. The summed E-state index contributed by atoms with van der Waals surface area (Å²) < 4.78 is 0. The number of carbonyl (C=O) groups is 2. The monoisotopic (exact) mass is 373 g/mol. The van der Waals surface area contributed by atoms with Crippen molar-refractivity contribution in [2.75, 3.05) is 10.6 Å². The second-order valence-corrected chi connectivity index (χ2v) is 7.13. The molecular formula is C18H19N3O4S. The van der Waals surface area contributed by atoms with Gasteiger partial charge in [0.25, 0.3) is 5.69 Å². The number of amides is 2. The van der Waals surface area contributed by atoms with Crippen molar-refractivity contribution >= 4 is 40.6 Å². The van der Waals surface area contributed by atoms with Crippen LogP contribution >= 0.6 is 11.8 Å². The highest BCUT2D eigenvalue weighted by atomic mass is 32.2. The van der Waals surface area contributed by atoms with E-state index in [1.165, 1.54) is 30.8 Å². The van der Waals surface area contributed by atoms with E-state index < -0.39 is 4.92 Å². The van der Waals surface area contributed by atoms with Gasteiger partial charge < -0.3 is 10.6 Å². The van der Waals surface area contributed by atoms with Gasteiger partial charge in [0.1, 0.15) is 0 Å². The van der Waals surface area contributed by atoms with E-state index in [0.717, 1.165) is 10.5 Å². The number of nitro groups is 1. The molecule has 0 aliphatic heterocycles.